The third-order valence-electron chi connectivity index (χ3n) is 4.69. The topological polar surface area (TPSA) is 88.7 Å². The Labute approximate surface area is 181 Å². The molecule has 1 saturated carbocycles. The van der Waals surface area contributed by atoms with Gasteiger partial charge < -0.3 is 20.1 Å². The Balaban J connectivity index is 1.56. The summed E-state index contributed by atoms with van der Waals surface area (Å²) in [5.74, 6) is 0.496. The number of carbonyl (C=O) groups excluding carboxylic acids is 2. The van der Waals surface area contributed by atoms with Gasteiger partial charge in [0.1, 0.15) is 12.4 Å². The van der Waals surface area contributed by atoms with Crippen molar-refractivity contribution in [3.63, 3.8) is 0 Å². The van der Waals surface area contributed by atoms with E-state index in [0.717, 1.165) is 29.8 Å². The van der Waals surface area contributed by atoms with Crippen molar-refractivity contribution >= 4 is 40.5 Å². The van der Waals surface area contributed by atoms with Crippen molar-refractivity contribution in [3.8, 4) is 5.75 Å². The fraction of sp³-hybridized carbons (Fsp3) is 0.318. The molecule has 0 bridgehead atoms. The highest BCUT2D eigenvalue weighted by Crippen LogP contribution is 2.31. The molecule has 0 aromatic heterocycles. The molecule has 2 aromatic carbocycles. The van der Waals surface area contributed by atoms with Gasteiger partial charge in [-0.2, -0.15) is 0 Å². The molecule has 0 atom stereocenters. The third kappa shape index (κ3) is 6.01. The number of amides is 2. The second kappa shape index (κ2) is 10.2. The minimum absolute atomic E-state index is 0.0424. The van der Waals surface area contributed by atoms with E-state index in [1.54, 1.807) is 31.4 Å². The zero-order chi connectivity index (χ0) is 21.5. The molecule has 0 heterocycles. The van der Waals surface area contributed by atoms with Crippen LogP contribution in [0.4, 0.5) is 11.4 Å². The highest BCUT2D eigenvalue weighted by atomic mass is 32.1. The molecule has 0 spiro atoms. The molecular formula is C22H25N3O4S. The maximum Gasteiger partial charge on any atom is 0.257 e. The van der Waals surface area contributed by atoms with Crippen molar-refractivity contribution in [1.82, 2.24) is 5.32 Å². The number of ether oxygens (including phenoxy) is 2. The van der Waals surface area contributed by atoms with Crippen molar-refractivity contribution in [1.29, 1.82) is 0 Å². The molecular weight excluding hydrogens is 402 g/mol. The zero-order valence-corrected chi connectivity index (χ0v) is 17.8. The maximum absolute atomic E-state index is 12.4. The normalized spacial score (nSPS) is 12.7. The van der Waals surface area contributed by atoms with Crippen molar-refractivity contribution < 1.29 is 19.1 Å². The first-order valence-electron chi connectivity index (χ1n) is 9.72. The number of benzene rings is 2. The van der Waals surface area contributed by atoms with Gasteiger partial charge in [-0.3, -0.25) is 14.9 Å². The van der Waals surface area contributed by atoms with Crippen molar-refractivity contribution in [2.45, 2.75) is 19.8 Å². The second-order valence-electron chi connectivity index (χ2n) is 7.02. The molecule has 7 nitrogen and oxygen atoms in total. The first kappa shape index (κ1) is 21.7. The molecule has 30 heavy (non-hydrogen) atoms. The van der Waals surface area contributed by atoms with Gasteiger partial charge in [-0.25, -0.2) is 0 Å². The Kier molecular flexibility index (Phi) is 7.37. The summed E-state index contributed by atoms with van der Waals surface area (Å²) in [6, 6.07) is 12.3. The maximum atomic E-state index is 12.4. The highest BCUT2D eigenvalue weighted by Gasteiger charge is 2.29. The van der Waals surface area contributed by atoms with Gasteiger partial charge in [0.25, 0.3) is 5.91 Å². The Bertz CT molecular complexity index is 926. The number of hydrogen-bond acceptors (Lipinski definition) is 5. The number of hydrogen-bond donors (Lipinski definition) is 3. The van der Waals surface area contributed by atoms with E-state index in [1.165, 1.54) is 0 Å². The molecule has 2 aromatic rings. The molecule has 3 rings (SSSR count). The minimum Gasteiger partial charge on any atom is -0.491 e. The van der Waals surface area contributed by atoms with E-state index in [9.17, 15) is 9.59 Å². The van der Waals surface area contributed by atoms with Crippen LogP contribution in [0.1, 0.15) is 28.8 Å². The largest absolute Gasteiger partial charge is 0.491 e. The van der Waals surface area contributed by atoms with Crippen molar-refractivity contribution in [2.75, 3.05) is 31.0 Å². The van der Waals surface area contributed by atoms with Crippen LogP contribution in [0.3, 0.4) is 0 Å². The smallest absolute Gasteiger partial charge is 0.257 e. The average molecular weight is 428 g/mol. The van der Waals surface area contributed by atoms with Crippen LogP contribution in [0.2, 0.25) is 0 Å². The lowest BCUT2D eigenvalue weighted by molar-refractivity contribution is -0.117. The fourth-order valence-corrected chi connectivity index (χ4v) is 2.96. The fourth-order valence-electron chi connectivity index (χ4n) is 2.76. The summed E-state index contributed by atoms with van der Waals surface area (Å²) in [4.78, 5) is 24.5. The number of rotatable bonds is 8. The molecule has 0 unspecified atom stereocenters. The van der Waals surface area contributed by atoms with Gasteiger partial charge >= 0.3 is 0 Å². The van der Waals surface area contributed by atoms with Crippen LogP contribution in [0, 0.1) is 12.8 Å². The average Bonchev–Trinajstić information content (AvgIpc) is 3.57. The molecule has 1 aliphatic rings. The molecule has 0 aliphatic heterocycles. The van der Waals surface area contributed by atoms with Gasteiger partial charge in [0.15, 0.2) is 5.11 Å². The summed E-state index contributed by atoms with van der Waals surface area (Å²) in [6.07, 6.45) is 1.89. The second-order valence-corrected chi connectivity index (χ2v) is 7.42. The number of nitrogens with one attached hydrogen (secondary N) is 3. The van der Waals surface area contributed by atoms with E-state index < -0.39 is 0 Å². The minimum atomic E-state index is -0.327. The van der Waals surface area contributed by atoms with Gasteiger partial charge in [0.05, 0.1) is 6.61 Å². The summed E-state index contributed by atoms with van der Waals surface area (Å²) < 4.78 is 10.4. The summed E-state index contributed by atoms with van der Waals surface area (Å²) in [5.41, 5.74) is 2.76. The van der Waals surface area contributed by atoms with Crippen LogP contribution in [-0.4, -0.2) is 37.3 Å². The van der Waals surface area contributed by atoms with Crippen molar-refractivity contribution in [2.24, 2.45) is 5.92 Å². The monoisotopic (exact) mass is 427 g/mol. The number of thiocarbonyl (C=S) groups is 1. The predicted octanol–water partition coefficient (Wildman–Crippen LogP) is 3.50. The van der Waals surface area contributed by atoms with Gasteiger partial charge in [-0.1, -0.05) is 6.07 Å². The lowest BCUT2D eigenvalue weighted by atomic mass is 10.1. The van der Waals surface area contributed by atoms with Crippen molar-refractivity contribution in [3.05, 3.63) is 53.6 Å². The molecule has 1 aliphatic carbocycles. The summed E-state index contributed by atoms with van der Waals surface area (Å²) in [7, 11) is 1.61. The number of methoxy groups -OCH3 is 1. The van der Waals surface area contributed by atoms with E-state index in [-0.39, 0.29) is 22.8 Å². The standard InChI is InChI=1S/C22H25N3O4S/c1-14-18(23-20(26)15-6-7-15)4-3-5-19(14)24-22(30)25-21(27)16-8-10-17(11-9-16)29-13-12-28-2/h3-5,8-11,15H,6-7,12-13H2,1-2H3,(H,23,26)(H2,24,25,27,30). The molecule has 158 valence electrons. The van der Waals surface area contributed by atoms with Gasteiger partial charge in [0.2, 0.25) is 5.91 Å². The summed E-state index contributed by atoms with van der Waals surface area (Å²) >= 11 is 5.28. The molecule has 3 N–H and O–H groups in total. The van der Waals surface area contributed by atoms with Gasteiger partial charge in [-0.15, -0.1) is 0 Å². The predicted molar refractivity (Wildman–Crippen MR) is 120 cm³/mol. The molecule has 2 amide bonds. The van der Waals surface area contributed by atoms with E-state index in [2.05, 4.69) is 16.0 Å². The van der Waals surface area contributed by atoms with Crippen LogP contribution in [0.25, 0.3) is 0 Å². The lowest BCUT2D eigenvalue weighted by Gasteiger charge is -2.15. The van der Waals surface area contributed by atoms with Crippen LogP contribution in [0.5, 0.6) is 5.75 Å². The summed E-state index contributed by atoms with van der Waals surface area (Å²) in [6.45, 7) is 2.82. The van der Waals surface area contributed by atoms with Crippen LogP contribution in [-0.2, 0) is 9.53 Å². The van der Waals surface area contributed by atoms with Gasteiger partial charge in [0, 0.05) is 30.0 Å². The number of carbonyl (C=O) groups is 2. The Morgan fingerprint density at radius 2 is 1.70 bits per heavy atom. The van der Waals surface area contributed by atoms with E-state index in [0.29, 0.717) is 24.5 Å². The molecule has 0 saturated heterocycles. The van der Waals surface area contributed by atoms with Gasteiger partial charge in [-0.05, 0) is 73.9 Å². The highest BCUT2D eigenvalue weighted by molar-refractivity contribution is 7.80. The zero-order valence-electron chi connectivity index (χ0n) is 17.0. The van der Waals surface area contributed by atoms with Crippen LogP contribution < -0.4 is 20.7 Å². The molecule has 1 fully saturated rings. The first-order chi connectivity index (χ1) is 14.5. The third-order valence-corrected chi connectivity index (χ3v) is 4.89. The molecule has 8 heteroatoms. The van der Waals surface area contributed by atoms with E-state index >= 15 is 0 Å². The SMILES string of the molecule is COCCOc1ccc(C(=O)NC(=S)Nc2cccc(NC(=O)C3CC3)c2C)cc1. The van der Waals surface area contributed by atoms with Crippen LogP contribution in [0.15, 0.2) is 42.5 Å². The Hall–Kier alpha value is -2.97. The Morgan fingerprint density at radius 3 is 2.33 bits per heavy atom. The number of anilines is 2. The lowest BCUT2D eigenvalue weighted by Crippen LogP contribution is -2.34. The van der Waals surface area contributed by atoms with E-state index in [1.807, 2.05) is 25.1 Å². The van der Waals surface area contributed by atoms with E-state index in [4.69, 9.17) is 21.7 Å². The first-order valence-corrected chi connectivity index (χ1v) is 10.1. The Morgan fingerprint density at radius 1 is 1.03 bits per heavy atom. The summed E-state index contributed by atoms with van der Waals surface area (Å²) in [5, 5.41) is 8.81. The molecule has 0 radical (unpaired) electrons. The quantitative estimate of drug-likeness (QED) is 0.441. The van der Waals surface area contributed by atoms with Crippen LogP contribution >= 0.6 is 12.2 Å².